The van der Waals surface area contributed by atoms with E-state index in [9.17, 15) is 18.4 Å². The maximum absolute atomic E-state index is 13.3. The van der Waals surface area contributed by atoms with Crippen molar-refractivity contribution in [2.24, 2.45) is 7.05 Å². The zero-order chi connectivity index (χ0) is 22.8. The highest BCUT2D eigenvalue weighted by molar-refractivity contribution is 7.76. The molecule has 3 N–H and O–H groups in total. The van der Waals surface area contributed by atoms with Gasteiger partial charge in [0.15, 0.2) is 0 Å². The van der Waals surface area contributed by atoms with E-state index in [1.807, 2.05) is 0 Å². The number of nitrogens with one attached hydrogen (secondary N) is 2. The molecule has 2 heterocycles. The molecule has 1 fully saturated rings. The van der Waals surface area contributed by atoms with Gasteiger partial charge in [-0.05, 0) is 43.9 Å². The molecule has 2 atom stereocenters. The summed E-state index contributed by atoms with van der Waals surface area (Å²) in [5, 5.41) is 7.36. The number of piperidine rings is 1. The van der Waals surface area contributed by atoms with E-state index in [0.29, 0.717) is 59.9 Å². The number of hydrogen-bond acceptors (Lipinski definition) is 3. The van der Waals surface area contributed by atoms with E-state index in [4.69, 9.17) is 23.2 Å². The third kappa shape index (κ3) is 5.40. The molecule has 0 radical (unpaired) electrons. The number of carbonyl (C=O) groups is 2. The van der Waals surface area contributed by atoms with E-state index >= 15 is 0 Å². The summed E-state index contributed by atoms with van der Waals surface area (Å²) >= 11 is 10.3. The number of nitrogens with zero attached hydrogens (tertiary/aromatic N) is 2. The SMILES string of the molecule is CC(=O)NCCCC1(NC(=O)c2cc3c(Cl)c(Cl)ccc3n2C)CCCN(S(=O)O)C1. The molecule has 1 aromatic heterocycles. The molecule has 1 aliphatic rings. The number of amides is 2. The Morgan fingerprint density at radius 3 is 2.74 bits per heavy atom. The molecule has 0 saturated carbocycles. The number of halogens is 2. The molecular formula is C20H26Cl2N4O4S. The van der Waals surface area contributed by atoms with Gasteiger partial charge in [-0.1, -0.05) is 23.2 Å². The van der Waals surface area contributed by atoms with Crippen molar-refractivity contribution >= 4 is 57.2 Å². The lowest BCUT2D eigenvalue weighted by Gasteiger charge is -2.42. The molecule has 170 valence electrons. The van der Waals surface area contributed by atoms with Crippen LogP contribution >= 0.6 is 23.2 Å². The highest BCUT2D eigenvalue weighted by Crippen LogP contribution is 2.33. The fraction of sp³-hybridized carbons (Fsp3) is 0.500. The van der Waals surface area contributed by atoms with E-state index in [-0.39, 0.29) is 18.4 Å². The van der Waals surface area contributed by atoms with Crippen molar-refractivity contribution in [2.75, 3.05) is 19.6 Å². The highest BCUT2D eigenvalue weighted by Gasteiger charge is 2.38. The number of carbonyl (C=O) groups excluding carboxylic acids is 2. The summed E-state index contributed by atoms with van der Waals surface area (Å²) in [5.74, 6) is -0.415. The van der Waals surface area contributed by atoms with Crippen LogP contribution in [0.25, 0.3) is 10.9 Å². The van der Waals surface area contributed by atoms with Crippen LogP contribution in [-0.2, 0) is 23.1 Å². The van der Waals surface area contributed by atoms with Gasteiger partial charge in [0.05, 0.1) is 15.6 Å². The average Bonchev–Trinajstić information content (AvgIpc) is 3.05. The number of aryl methyl sites for hydroxylation is 1. The fourth-order valence-electron chi connectivity index (χ4n) is 4.15. The number of hydrogen-bond donors (Lipinski definition) is 3. The third-order valence-electron chi connectivity index (χ3n) is 5.69. The smallest absolute Gasteiger partial charge is 0.268 e. The Hall–Kier alpha value is -1.65. The van der Waals surface area contributed by atoms with Crippen molar-refractivity contribution in [1.29, 1.82) is 0 Å². The minimum Gasteiger partial charge on any atom is -0.356 e. The highest BCUT2D eigenvalue weighted by atomic mass is 35.5. The van der Waals surface area contributed by atoms with Crippen LogP contribution in [0.5, 0.6) is 0 Å². The summed E-state index contributed by atoms with van der Waals surface area (Å²) in [5.41, 5.74) is 0.507. The molecule has 2 amide bonds. The maximum atomic E-state index is 13.3. The van der Waals surface area contributed by atoms with E-state index in [2.05, 4.69) is 10.6 Å². The van der Waals surface area contributed by atoms with Crippen LogP contribution in [0.4, 0.5) is 0 Å². The second kappa shape index (κ2) is 9.87. The largest absolute Gasteiger partial charge is 0.356 e. The Balaban J connectivity index is 1.86. The number of aromatic nitrogens is 1. The first-order chi connectivity index (χ1) is 14.6. The second-order valence-electron chi connectivity index (χ2n) is 7.90. The molecule has 2 unspecified atom stereocenters. The molecule has 0 aliphatic carbocycles. The van der Waals surface area contributed by atoms with Gasteiger partial charge >= 0.3 is 0 Å². The number of rotatable bonds is 7. The summed E-state index contributed by atoms with van der Waals surface area (Å²) in [4.78, 5) is 24.5. The molecule has 1 saturated heterocycles. The summed E-state index contributed by atoms with van der Waals surface area (Å²) in [7, 11) is 1.78. The van der Waals surface area contributed by atoms with Crippen LogP contribution in [-0.4, -0.2) is 54.6 Å². The van der Waals surface area contributed by atoms with Crippen LogP contribution in [0.3, 0.4) is 0 Å². The van der Waals surface area contributed by atoms with Gasteiger partial charge < -0.3 is 15.2 Å². The zero-order valence-corrected chi connectivity index (χ0v) is 19.7. The predicted octanol–water partition coefficient (Wildman–Crippen LogP) is 3.10. The second-order valence-corrected chi connectivity index (χ2v) is 9.66. The molecule has 0 bridgehead atoms. The van der Waals surface area contributed by atoms with Gasteiger partial charge in [0.2, 0.25) is 17.2 Å². The number of fused-ring (bicyclic) bond motifs is 1. The average molecular weight is 489 g/mol. The molecule has 31 heavy (non-hydrogen) atoms. The summed E-state index contributed by atoms with van der Waals surface area (Å²) in [6.07, 6.45) is 2.53. The topological polar surface area (TPSA) is 104 Å². The van der Waals surface area contributed by atoms with Crippen LogP contribution in [0, 0.1) is 0 Å². The van der Waals surface area contributed by atoms with E-state index in [1.165, 1.54) is 11.2 Å². The fourth-order valence-corrected chi connectivity index (χ4v) is 5.18. The first-order valence-electron chi connectivity index (χ1n) is 10.00. The van der Waals surface area contributed by atoms with Crippen molar-refractivity contribution in [3.8, 4) is 0 Å². The lowest BCUT2D eigenvalue weighted by atomic mass is 9.85. The number of benzene rings is 1. The molecule has 11 heteroatoms. The van der Waals surface area contributed by atoms with Gasteiger partial charge in [-0.2, -0.15) is 4.31 Å². The van der Waals surface area contributed by atoms with E-state index in [0.717, 1.165) is 5.52 Å². The molecule has 0 spiro atoms. The van der Waals surface area contributed by atoms with Gasteiger partial charge in [-0.25, -0.2) is 4.21 Å². The van der Waals surface area contributed by atoms with Crippen molar-refractivity contribution in [1.82, 2.24) is 19.5 Å². The van der Waals surface area contributed by atoms with Crippen molar-refractivity contribution in [3.63, 3.8) is 0 Å². The van der Waals surface area contributed by atoms with E-state index < -0.39 is 16.8 Å². The maximum Gasteiger partial charge on any atom is 0.268 e. The Bertz CT molecular complexity index is 1030. The minimum atomic E-state index is -2.12. The Morgan fingerprint density at radius 1 is 1.32 bits per heavy atom. The lowest BCUT2D eigenvalue weighted by Crippen LogP contribution is -2.59. The van der Waals surface area contributed by atoms with Crippen LogP contribution in [0.1, 0.15) is 43.1 Å². The Morgan fingerprint density at radius 2 is 2.06 bits per heavy atom. The molecule has 1 aromatic carbocycles. The van der Waals surface area contributed by atoms with Crippen molar-refractivity contribution in [3.05, 3.63) is 33.9 Å². The van der Waals surface area contributed by atoms with Crippen LogP contribution in [0.2, 0.25) is 10.0 Å². The normalized spacial score (nSPS) is 20.5. The van der Waals surface area contributed by atoms with Gasteiger partial charge in [0.25, 0.3) is 5.91 Å². The minimum absolute atomic E-state index is 0.120. The Kier molecular flexibility index (Phi) is 7.64. The monoisotopic (exact) mass is 488 g/mol. The van der Waals surface area contributed by atoms with Gasteiger partial charge in [0.1, 0.15) is 5.69 Å². The first kappa shape index (κ1) is 24.0. The van der Waals surface area contributed by atoms with Crippen LogP contribution < -0.4 is 10.6 Å². The van der Waals surface area contributed by atoms with Crippen molar-refractivity contribution < 1.29 is 18.4 Å². The Labute approximate surface area is 193 Å². The van der Waals surface area contributed by atoms with E-state index in [1.54, 1.807) is 29.8 Å². The predicted molar refractivity (Wildman–Crippen MR) is 123 cm³/mol. The van der Waals surface area contributed by atoms with Gasteiger partial charge in [-0.15, -0.1) is 0 Å². The third-order valence-corrected chi connectivity index (χ3v) is 7.27. The van der Waals surface area contributed by atoms with Crippen LogP contribution in [0.15, 0.2) is 18.2 Å². The standard InChI is InChI=1S/C20H26Cl2N4O4S/c1-13(27)23-9-3-7-20(8-4-10-26(12-20)31(29)30)24-19(28)17-11-14-16(25(17)2)6-5-15(21)18(14)22/h5-6,11H,3-4,7-10,12H2,1-2H3,(H,23,27)(H,24,28)(H,29,30). The first-order valence-corrected chi connectivity index (χ1v) is 11.8. The molecule has 1 aliphatic heterocycles. The summed E-state index contributed by atoms with van der Waals surface area (Å²) < 4.78 is 24.5. The van der Waals surface area contributed by atoms with Gasteiger partial charge in [0, 0.05) is 44.5 Å². The summed E-state index contributed by atoms with van der Waals surface area (Å²) in [6.45, 7) is 2.65. The molecule has 3 rings (SSSR count). The van der Waals surface area contributed by atoms with Gasteiger partial charge in [-0.3, -0.25) is 14.1 Å². The quantitative estimate of drug-likeness (QED) is 0.411. The summed E-state index contributed by atoms with van der Waals surface area (Å²) in [6, 6.07) is 5.20. The zero-order valence-electron chi connectivity index (χ0n) is 17.4. The lowest BCUT2D eigenvalue weighted by molar-refractivity contribution is -0.118. The molecule has 8 nitrogen and oxygen atoms in total. The molecular weight excluding hydrogens is 463 g/mol. The van der Waals surface area contributed by atoms with Crippen molar-refractivity contribution in [2.45, 2.75) is 38.1 Å². The molecule has 2 aromatic rings.